The summed E-state index contributed by atoms with van der Waals surface area (Å²) in [5.74, 6) is 0.425. The highest BCUT2D eigenvalue weighted by molar-refractivity contribution is 5.89. The minimum absolute atomic E-state index is 0.225. The molecule has 0 spiro atoms. The van der Waals surface area contributed by atoms with Crippen molar-refractivity contribution in [3.8, 4) is 11.3 Å². The molecule has 1 fully saturated rings. The second kappa shape index (κ2) is 8.49. The van der Waals surface area contributed by atoms with E-state index in [0.29, 0.717) is 31.9 Å². The minimum atomic E-state index is -0.375. The highest BCUT2D eigenvalue weighted by Gasteiger charge is 2.22. The molecule has 4 rings (SSSR count). The topological polar surface area (TPSA) is 61.4 Å². The molecule has 2 amide bonds. The SMILES string of the molecule is Cc1ccc(-c2ccc(N3CCN(C(=O)Nc4cccc(F)c4)CC3)nn2)c(C)c1. The minimum Gasteiger partial charge on any atom is -0.352 e. The first-order valence-electron chi connectivity index (χ1n) is 9.97. The fraction of sp³-hybridized carbons (Fsp3) is 0.261. The van der Waals surface area contributed by atoms with Gasteiger partial charge in [-0.3, -0.25) is 0 Å². The Balaban J connectivity index is 1.36. The fourth-order valence-corrected chi connectivity index (χ4v) is 3.65. The number of benzene rings is 2. The van der Waals surface area contributed by atoms with Gasteiger partial charge in [0.25, 0.3) is 0 Å². The van der Waals surface area contributed by atoms with Crippen LogP contribution in [-0.2, 0) is 0 Å². The van der Waals surface area contributed by atoms with Crippen LogP contribution in [0.5, 0.6) is 0 Å². The van der Waals surface area contributed by atoms with Gasteiger partial charge >= 0.3 is 6.03 Å². The van der Waals surface area contributed by atoms with E-state index in [2.05, 4.69) is 52.5 Å². The summed E-state index contributed by atoms with van der Waals surface area (Å²) in [5, 5.41) is 11.6. The van der Waals surface area contributed by atoms with E-state index in [-0.39, 0.29) is 11.8 Å². The summed E-state index contributed by atoms with van der Waals surface area (Å²) in [5.41, 5.74) is 4.79. The first-order valence-corrected chi connectivity index (χ1v) is 9.97. The van der Waals surface area contributed by atoms with Gasteiger partial charge in [0, 0.05) is 37.4 Å². The number of aryl methyl sites for hydroxylation is 2. The Morgan fingerprint density at radius 2 is 1.77 bits per heavy atom. The fourth-order valence-electron chi connectivity index (χ4n) is 3.65. The van der Waals surface area contributed by atoms with Crippen molar-refractivity contribution >= 4 is 17.5 Å². The molecule has 6 nitrogen and oxygen atoms in total. The van der Waals surface area contributed by atoms with Gasteiger partial charge in [0.05, 0.1) is 5.69 Å². The van der Waals surface area contributed by atoms with Crippen LogP contribution in [-0.4, -0.2) is 47.3 Å². The summed E-state index contributed by atoms with van der Waals surface area (Å²) in [4.78, 5) is 16.3. The van der Waals surface area contributed by atoms with Crippen molar-refractivity contribution in [1.29, 1.82) is 0 Å². The van der Waals surface area contributed by atoms with E-state index in [4.69, 9.17) is 0 Å². The van der Waals surface area contributed by atoms with Gasteiger partial charge < -0.3 is 15.1 Å². The number of urea groups is 1. The zero-order chi connectivity index (χ0) is 21.1. The molecule has 1 saturated heterocycles. The van der Waals surface area contributed by atoms with Gasteiger partial charge in [0.2, 0.25) is 0 Å². The number of hydrogen-bond donors (Lipinski definition) is 1. The number of hydrogen-bond acceptors (Lipinski definition) is 4. The van der Waals surface area contributed by atoms with Gasteiger partial charge in [-0.2, -0.15) is 0 Å². The lowest BCUT2D eigenvalue weighted by Gasteiger charge is -2.35. The number of amides is 2. The van der Waals surface area contributed by atoms with E-state index in [1.165, 1.54) is 23.3 Å². The third kappa shape index (κ3) is 4.40. The van der Waals surface area contributed by atoms with Crippen LogP contribution in [0, 0.1) is 19.7 Å². The molecule has 1 aliphatic rings. The van der Waals surface area contributed by atoms with E-state index in [0.717, 1.165) is 17.1 Å². The average Bonchev–Trinajstić information content (AvgIpc) is 2.74. The van der Waals surface area contributed by atoms with Crippen LogP contribution in [0.4, 0.5) is 20.7 Å². The lowest BCUT2D eigenvalue weighted by Crippen LogP contribution is -2.50. The summed E-state index contributed by atoms with van der Waals surface area (Å²) in [6.07, 6.45) is 0. The van der Waals surface area contributed by atoms with Crippen molar-refractivity contribution in [2.45, 2.75) is 13.8 Å². The third-order valence-corrected chi connectivity index (χ3v) is 5.28. The van der Waals surface area contributed by atoms with Crippen molar-refractivity contribution < 1.29 is 9.18 Å². The second-order valence-electron chi connectivity index (χ2n) is 7.51. The normalized spacial score (nSPS) is 14.0. The number of piperazine rings is 1. The van der Waals surface area contributed by atoms with Crippen LogP contribution in [0.1, 0.15) is 11.1 Å². The van der Waals surface area contributed by atoms with Crippen molar-refractivity contribution in [1.82, 2.24) is 15.1 Å². The second-order valence-corrected chi connectivity index (χ2v) is 7.51. The first-order chi connectivity index (χ1) is 14.5. The van der Waals surface area contributed by atoms with Gasteiger partial charge in [-0.1, -0.05) is 29.8 Å². The number of nitrogens with zero attached hydrogens (tertiary/aromatic N) is 4. The molecule has 1 aromatic heterocycles. The molecule has 0 bridgehead atoms. The van der Waals surface area contributed by atoms with Crippen LogP contribution in [0.3, 0.4) is 0 Å². The zero-order valence-electron chi connectivity index (χ0n) is 17.1. The van der Waals surface area contributed by atoms with Gasteiger partial charge in [-0.05, 0) is 49.7 Å². The van der Waals surface area contributed by atoms with Gasteiger partial charge in [0.15, 0.2) is 5.82 Å². The van der Waals surface area contributed by atoms with Crippen LogP contribution in [0.2, 0.25) is 0 Å². The van der Waals surface area contributed by atoms with E-state index in [1.807, 2.05) is 12.1 Å². The van der Waals surface area contributed by atoms with Crippen LogP contribution >= 0.6 is 0 Å². The number of carbonyl (C=O) groups is 1. The zero-order valence-corrected chi connectivity index (χ0v) is 17.1. The maximum Gasteiger partial charge on any atom is 0.321 e. The van der Waals surface area contributed by atoms with Crippen molar-refractivity contribution in [3.63, 3.8) is 0 Å². The lowest BCUT2D eigenvalue weighted by molar-refractivity contribution is 0.208. The number of aromatic nitrogens is 2. The molecule has 7 heteroatoms. The molecule has 2 heterocycles. The van der Waals surface area contributed by atoms with E-state index in [9.17, 15) is 9.18 Å². The Morgan fingerprint density at radius 1 is 0.967 bits per heavy atom. The summed E-state index contributed by atoms with van der Waals surface area (Å²) in [6, 6.07) is 15.9. The molecular formula is C23H24FN5O. The summed E-state index contributed by atoms with van der Waals surface area (Å²) in [7, 11) is 0. The molecule has 0 aliphatic carbocycles. The van der Waals surface area contributed by atoms with Crippen LogP contribution in [0.15, 0.2) is 54.6 Å². The summed E-state index contributed by atoms with van der Waals surface area (Å²) < 4.78 is 13.3. The molecule has 30 heavy (non-hydrogen) atoms. The van der Waals surface area contributed by atoms with E-state index >= 15 is 0 Å². The van der Waals surface area contributed by atoms with Crippen LogP contribution < -0.4 is 10.2 Å². The Morgan fingerprint density at radius 3 is 2.43 bits per heavy atom. The number of anilines is 2. The third-order valence-electron chi connectivity index (χ3n) is 5.28. The summed E-state index contributed by atoms with van der Waals surface area (Å²) >= 11 is 0. The Hall–Kier alpha value is -3.48. The quantitative estimate of drug-likeness (QED) is 0.708. The van der Waals surface area contributed by atoms with Crippen molar-refractivity contribution in [2.24, 2.45) is 0 Å². The molecule has 2 aromatic carbocycles. The monoisotopic (exact) mass is 405 g/mol. The summed E-state index contributed by atoms with van der Waals surface area (Å²) in [6.45, 7) is 6.58. The number of rotatable bonds is 3. The standard InChI is InChI=1S/C23H24FN5O/c1-16-6-7-20(17(2)14-16)21-8-9-22(27-26-21)28-10-12-29(13-11-28)23(30)25-19-5-3-4-18(24)15-19/h3-9,14-15H,10-13H2,1-2H3,(H,25,30). The maximum absolute atomic E-state index is 13.3. The van der Waals surface area contributed by atoms with Crippen molar-refractivity contribution in [2.75, 3.05) is 36.4 Å². The Bertz CT molecular complexity index is 1050. The predicted octanol–water partition coefficient (Wildman–Crippen LogP) is 4.25. The Labute approximate surface area is 175 Å². The molecule has 0 atom stereocenters. The molecular weight excluding hydrogens is 381 g/mol. The number of carbonyl (C=O) groups excluding carboxylic acids is 1. The van der Waals surface area contributed by atoms with E-state index < -0.39 is 0 Å². The molecule has 1 N–H and O–H groups in total. The average molecular weight is 405 g/mol. The largest absolute Gasteiger partial charge is 0.352 e. The molecule has 154 valence electrons. The van der Waals surface area contributed by atoms with Crippen molar-refractivity contribution in [3.05, 3.63) is 71.5 Å². The molecule has 1 aliphatic heterocycles. The van der Waals surface area contributed by atoms with Crippen LogP contribution in [0.25, 0.3) is 11.3 Å². The van der Waals surface area contributed by atoms with E-state index in [1.54, 1.807) is 17.0 Å². The smallest absolute Gasteiger partial charge is 0.321 e. The molecule has 3 aromatic rings. The van der Waals surface area contributed by atoms with Gasteiger partial charge in [-0.25, -0.2) is 9.18 Å². The maximum atomic E-state index is 13.3. The number of nitrogens with one attached hydrogen (secondary N) is 1. The van der Waals surface area contributed by atoms with Gasteiger partial charge in [0.1, 0.15) is 5.82 Å². The molecule has 0 radical (unpaired) electrons. The lowest BCUT2D eigenvalue weighted by atomic mass is 10.0. The highest BCUT2D eigenvalue weighted by Crippen LogP contribution is 2.23. The predicted molar refractivity (Wildman–Crippen MR) is 116 cm³/mol. The van der Waals surface area contributed by atoms with Gasteiger partial charge in [-0.15, -0.1) is 10.2 Å². The highest BCUT2D eigenvalue weighted by atomic mass is 19.1. The molecule has 0 saturated carbocycles. The number of halogens is 1. The first kappa shape index (κ1) is 19.8. The molecule has 0 unspecified atom stereocenters. The Kier molecular flexibility index (Phi) is 5.61.